The summed E-state index contributed by atoms with van der Waals surface area (Å²) >= 11 is 1.52. The maximum Gasteiger partial charge on any atom is 0.297 e. The Bertz CT molecular complexity index is 990. The standard InChI is InChI=1S/C18H20N4OS/c1-5-9-21-14-8-7-12(3)10-16(14)24-18(21)19-17(23)15-11-13(4)20-22(15)6-2/h5,7-8,10-11H,1,6,9H2,2-4H3. The van der Waals surface area contributed by atoms with Crippen molar-refractivity contribution in [3.05, 3.63) is 58.7 Å². The minimum atomic E-state index is -0.265. The average molecular weight is 340 g/mol. The van der Waals surface area contributed by atoms with Crippen LogP contribution in [0.4, 0.5) is 0 Å². The molecule has 0 saturated heterocycles. The molecule has 0 fully saturated rings. The smallest absolute Gasteiger partial charge is 0.297 e. The van der Waals surface area contributed by atoms with Crippen LogP contribution in [0, 0.1) is 13.8 Å². The lowest BCUT2D eigenvalue weighted by molar-refractivity contribution is 0.0987. The molecule has 5 nitrogen and oxygen atoms in total. The molecule has 0 atom stereocenters. The molecule has 124 valence electrons. The number of carbonyl (C=O) groups is 1. The fourth-order valence-corrected chi connectivity index (χ4v) is 3.81. The van der Waals surface area contributed by atoms with Crippen LogP contribution in [0.3, 0.4) is 0 Å². The van der Waals surface area contributed by atoms with Crippen molar-refractivity contribution in [2.24, 2.45) is 4.99 Å². The Morgan fingerprint density at radius 1 is 1.38 bits per heavy atom. The fourth-order valence-electron chi connectivity index (χ4n) is 2.67. The van der Waals surface area contributed by atoms with E-state index in [1.165, 1.54) is 16.9 Å². The molecule has 0 unspecified atom stereocenters. The number of aryl methyl sites for hydroxylation is 3. The second-order valence-electron chi connectivity index (χ2n) is 5.66. The number of hydrogen-bond acceptors (Lipinski definition) is 3. The Hall–Kier alpha value is -2.47. The van der Waals surface area contributed by atoms with Gasteiger partial charge in [0.2, 0.25) is 0 Å². The SMILES string of the molecule is C=CCn1c(=NC(=O)c2cc(C)nn2CC)sc2cc(C)ccc21. The first-order chi connectivity index (χ1) is 11.5. The van der Waals surface area contributed by atoms with Crippen LogP contribution in [0.15, 0.2) is 41.9 Å². The number of thiazole rings is 1. The van der Waals surface area contributed by atoms with Gasteiger partial charge in [0.05, 0.1) is 15.9 Å². The summed E-state index contributed by atoms with van der Waals surface area (Å²) in [6.07, 6.45) is 1.82. The van der Waals surface area contributed by atoms with Crippen molar-refractivity contribution >= 4 is 27.5 Å². The van der Waals surface area contributed by atoms with E-state index < -0.39 is 0 Å². The number of rotatable bonds is 4. The molecule has 2 aromatic heterocycles. The Balaban J connectivity index is 2.16. The van der Waals surface area contributed by atoms with E-state index in [2.05, 4.69) is 41.8 Å². The largest absolute Gasteiger partial charge is 0.312 e. The maximum atomic E-state index is 12.6. The molecule has 0 saturated carbocycles. The summed E-state index contributed by atoms with van der Waals surface area (Å²) in [5.74, 6) is -0.265. The van der Waals surface area contributed by atoms with Gasteiger partial charge in [0.1, 0.15) is 5.69 Å². The normalized spacial score (nSPS) is 12.0. The molecular formula is C18H20N4OS. The van der Waals surface area contributed by atoms with Crippen molar-refractivity contribution < 1.29 is 4.79 Å². The number of allylic oxidation sites excluding steroid dienone is 1. The highest BCUT2D eigenvalue weighted by atomic mass is 32.1. The molecule has 24 heavy (non-hydrogen) atoms. The maximum absolute atomic E-state index is 12.6. The van der Waals surface area contributed by atoms with Crippen LogP contribution in [-0.2, 0) is 13.1 Å². The Morgan fingerprint density at radius 2 is 2.17 bits per heavy atom. The number of hydrogen-bond donors (Lipinski definition) is 0. The molecule has 0 N–H and O–H groups in total. The minimum absolute atomic E-state index is 0.265. The van der Waals surface area contributed by atoms with E-state index in [0.29, 0.717) is 23.6 Å². The van der Waals surface area contributed by atoms with Crippen LogP contribution >= 0.6 is 11.3 Å². The van der Waals surface area contributed by atoms with E-state index in [-0.39, 0.29) is 5.91 Å². The number of benzene rings is 1. The van der Waals surface area contributed by atoms with Crippen LogP contribution in [0.25, 0.3) is 10.2 Å². The summed E-state index contributed by atoms with van der Waals surface area (Å²) in [6, 6.07) is 8.03. The first kappa shape index (κ1) is 16.4. The van der Waals surface area contributed by atoms with Crippen molar-refractivity contribution in [1.29, 1.82) is 0 Å². The summed E-state index contributed by atoms with van der Waals surface area (Å²) < 4.78 is 4.82. The van der Waals surface area contributed by atoms with E-state index in [9.17, 15) is 4.79 Å². The summed E-state index contributed by atoms with van der Waals surface area (Å²) in [7, 11) is 0. The van der Waals surface area contributed by atoms with Gasteiger partial charge in [0.25, 0.3) is 5.91 Å². The molecular weight excluding hydrogens is 320 g/mol. The number of aromatic nitrogens is 3. The van der Waals surface area contributed by atoms with E-state index in [1.54, 1.807) is 10.7 Å². The Kier molecular flexibility index (Phi) is 4.49. The van der Waals surface area contributed by atoms with Gasteiger partial charge in [-0.25, -0.2) is 0 Å². The molecule has 0 aliphatic carbocycles. The van der Waals surface area contributed by atoms with Gasteiger partial charge in [-0.2, -0.15) is 10.1 Å². The molecule has 0 spiro atoms. The predicted octanol–water partition coefficient (Wildman–Crippen LogP) is 3.46. The lowest BCUT2D eigenvalue weighted by Crippen LogP contribution is -2.17. The molecule has 0 radical (unpaired) electrons. The molecule has 1 amide bonds. The lowest BCUT2D eigenvalue weighted by atomic mass is 10.2. The number of nitrogens with zero attached hydrogens (tertiary/aromatic N) is 4. The second kappa shape index (κ2) is 6.57. The zero-order chi connectivity index (χ0) is 17.3. The summed E-state index contributed by atoms with van der Waals surface area (Å²) in [5, 5.41) is 4.32. The number of carbonyl (C=O) groups excluding carboxylic acids is 1. The van der Waals surface area contributed by atoms with Gasteiger partial charge in [0.15, 0.2) is 4.80 Å². The van der Waals surface area contributed by atoms with Crippen molar-refractivity contribution in [3.8, 4) is 0 Å². The van der Waals surface area contributed by atoms with Gasteiger partial charge in [-0.1, -0.05) is 23.5 Å². The third-order valence-electron chi connectivity index (χ3n) is 3.77. The van der Waals surface area contributed by atoms with E-state index in [1.807, 2.05) is 24.5 Å². The monoisotopic (exact) mass is 340 g/mol. The van der Waals surface area contributed by atoms with Crippen LogP contribution in [0.5, 0.6) is 0 Å². The third kappa shape index (κ3) is 2.97. The minimum Gasteiger partial charge on any atom is -0.312 e. The Morgan fingerprint density at radius 3 is 2.88 bits per heavy atom. The number of fused-ring (bicyclic) bond motifs is 1. The molecule has 0 aliphatic heterocycles. The van der Waals surface area contributed by atoms with Crippen LogP contribution < -0.4 is 4.80 Å². The molecule has 2 heterocycles. The van der Waals surface area contributed by atoms with Gasteiger partial charge < -0.3 is 4.57 Å². The van der Waals surface area contributed by atoms with Crippen molar-refractivity contribution in [3.63, 3.8) is 0 Å². The van der Waals surface area contributed by atoms with Crippen molar-refractivity contribution in [2.45, 2.75) is 33.9 Å². The molecule has 1 aromatic carbocycles. The first-order valence-corrected chi connectivity index (χ1v) is 8.69. The van der Waals surface area contributed by atoms with Gasteiger partial charge in [-0.15, -0.1) is 6.58 Å². The lowest BCUT2D eigenvalue weighted by Gasteiger charge is -2.02. The van der Waals surface area contributed by atoms with Gasteiger partial charge in [0, 0.05) is 13.1 Å². The summed E-state index contributed by atoms with van der Waals surface area (Å²) in [4.78, 5) is 17.7. The van der Waals surface area contributed by atoms with Crippen molar-refractivity contribution in [1.82, 2.24) is 14.3 Å². The number of amides is 1. The zero-order valence-electron chi connectivity index (χ0n) is 14.1. The average Bonchev–Trinajstić information content (AvgIpc) is 3.08. The molecule has 3 rings (SSSR count). The van der Waals surface area contributed by atoms with Crippen molar-refractivity contribution in [2.75, 3.05) is 0 Å². The fraction of sp³-hybridized carbons (Fsp3) is 0.278. The van der Waals surface area contributed by atoms with Gasteiger partial charge in [-0.05, 0) is 44.5 Å². The highest BCUT2D eigenvalue weighted by Crippen LogP contribution is 2.19. The molecule has 0 aliphatic rings. The molecule has 3 aromatic rings. The zero-order valence-corrected chi connectivity index (χ0v) is 14.9. The third-order valence-corrected chi connectivity index (χ3v) is 4.81. The molecule has 0 bridgehead atoms. The van der Waals surface area contributed by atoms with E-state index in [0.717, 1.165) is 15.9 Å². The Labute approximate surface area is 144 Å². The topological polar surface area (TPSA) is 52.2 Å². The van der Waals surface area contributed by atoms with Crippen LogP contribution in [-0.4, -0.2) is 20.3 Å². The first-order valence-electron chi connectivity index (χ1n) is 7.88. The van der Waals surface area contributed by atoms with Crippen LogP contribution in [0.2, 0.25) is 0 Å². The highest BCUT2D eigenvalue weighted by molar-refractivity contribution is 7.16. The van der Waals surface area contributed by atoms with E-state index >= 15 is 0 Å². The summed E-state index contributed by atoms with van der Waals surface area (Å²) in [5.41, 5.74) is 3.60. The van der Waals surface area contributed by atoms with Gasteiger partial charge >= 0.3 is 0 Å². The highest BCUT2D eigenvalue weighted by Gasteiger charge is 2.13. The molecule has 6 heteroatoms. The second-order valence-corrected chi connectivity index (χ2v) is 6.67. The quantitative estimate of drug-likeness (QED) is 0.683. The van der Waals surface area contributed by atoms with Crippen LogP contribution in [0.1, 0.15) is 28.7 Å². The van der Waals surface area contributed by atoms with Gasteiger partial charge in [-0.3, -0.25) is 9.48 Å². The summed E-state index contributed by atoms with van der Waals surface area (Å²) in [6.45, 7) is 11.0. The van der Waals surface area contributed by atoms with E-state index in [4.69, 9.17) is 0 Å². The predicted molar refractivity (Wildman–Crippen MR) is 97.3 cm³/mol.